The molecule has 2 fully saturated rings. The number of rotatable bonds is 6. The molecule has 4 rings (SSSR count). The smallest absolute Gasteiger partial charge is 0.243 e. The Labute approximate surface area is 198 Å². The number of ether oxygens (including phenoxy) is 1. The molecule has 176 valence electrons. The predicted molar refractivity (Wildman–Crippen MR) is 128 cm³/mol. The number of nitrogens with zero attached hydrogens (tertiary/aromatic N) is 2. The largest absolute Gasteiger partial charge is 0.379 e. The maximum Gasteiger partial charge on any atom is 0.243 e. The van der Waals surface area contributed by atoms with Crippen LogP contribution in [0.15, 0.2) is 52.3 Å². The molecule has 10 heteroatoms. The highest BCUT2D eigenvalue weighted by Gasteiger charge is 2.35. The minimum absolute atomic E-state index is 0.104. The second-order valence-electron chi connectivity index (χ2n) is 8.09. The maximum atomic E-state index is 13.0. The van der Waals surface area contributed by atoms with Crippen LogP contribution in [0.4, 0.5) is 11.4 Å². The van der Waals surface area contributed by atoms with Crippen molar-refractivity contribution in [1.29, 1.82) is 0 Å². The summed E-state index contributed by atoms with van der Waals surface area (Å²) >= 11 is 1.62. The number of sulfonamides is 1. The lowest BCUT2D eigenvalue weighted by molar-refractivity contribution is -0.122. The number of hydrogen-bond donors (Lipinski definition) is 1. The highest BCUT2D eigenvalue weighted by atomic mass is 32.2. The number of carbonyl (C=O) groups excluding carboxylic acids is 2. The van der Waals surface area contributed by atoms with E-state index >= 15 is 0 Å². The van der Waals surface area contributed by atoms with E-state index in [-0.39, 0.29) is 29.7 Å². The van der Waals surface area contributed by atoms with Crippen molar-refractivity contribution in [3.05, 3.63) is 48.0 Å². The summed E-state index contributed by atoms with van der Waals surface area (Å²) in [6, 6.07) is 12.4. The lowest BCUT2D eigenvalue weighted by atomic mass is 10.1. The second-order valence-corrected chi connectivity index (χ2v) is 10.9. The van der Waals surface area contributed by atoms with Gasteiger partial charge in [-0.25, -0.2) is 8.42 Å². The molecule has 1 N–H and O–H groups in total. The zero-order valence-corrected chi connectivity index (χ0v) is 20.2. The lowest BCUT2D eigenvalue weighted by Crippen LogP contribution is -2.40. The van der Waals surface area contributed by atoms with Gasteiger partial charge in [-0.2, -0.15) is 4.31 Å². The van der Waals surface area contributed by atoms with Gasteiger partial charge in [-0.05, 0) is 55.1 Å². The Bertz CT molecular complexity index is 1150. The van der Waals surface area contributed by atoms with Gasteiger partial charge in [0.05, 0.1) is 24.0 Å². The van der Waals surface area contributed by atoms with Crippen molar-refractivity contribution in [3.8, 4) is 0 Å². The monoisotopic (exact) mass is 489 g/mol. The van der Waals surface area contributed by atoms with E-state index in [1.54, 1.807) is 35.7 Å². The average Bonchev–Trinajstić information content (AvgIpc) is 3.22. The number of benzene rings is 2. The van der Waals surface area contributed by atoms with Crippen LogP contribution >= 0.6 is 11.8 Å². The minimum Gasteiger partial charge on any atom is -0.379 e. The molecule has 2 aliphatic rings. The lowest BCUT2D eigenvalue weighted by Gasteiger charge is -2.26. The van der Waals surface area contributed by atoms with E-state index in [1.807, 2.05) is 30.5 Å². The van der Waals surface area contributed by atoms with Crippen molar-refractivity contribution in [1.82, 2.24) is 4.31 Å². The van der Waals surface area contributed by atoms with Crippen molar-refractivity contribution < 1.29 is 22.7 Å². The van der Waals surface area contributed by atoms with Gasteiger partial charge in [-0.1, -0.05) is 6.07 Å². The summed E-state index contributed by atoms with van der Waals surface area (Å²) in [5.41, 5.74) is 1.95. The molecule has 1 unspecified atom stereocenters. The Morgan fingerprint density at radius 3 is 2.48 bits per heavy atom. The van der Waals surface area contributed by atoms with Crippen LogP contribution in [-0.2, 0) is 24.3 Å². The fourth-order valence-corrected chi connectivity index (χ4v) is 5.80. The van der Waals surface area contributed by atoms with Gasteiger partial charge in [0.1, 0.15) is 0 Å². The summed E-state index contributed by atoms with van der Waals surface area (Å²) < 4.78 is 32.6. The summed E-state index contributed by atoms with van der Waals surface area (Å²) in [4.78, 5) is 28.4. The molecule has 2 amide bonds. The average molecular weight is 490 g/mol. The van der Waals surface area contributed by atoms with Crippen LogP contribution in [0.3, 0.4) is 0 Å². The molecule has 0 saturated carbocycles. The highest BCUT2D eigenvalue weighted by molar-refractivity contribution is 7.98. The second kappa shape index (κ2) is 9.84. The van der Waals surface area contributed by atoms with Crippen LogP contribution in [0.2, 0.25) is 0 Å². The van der Waals surface area contributed by atoms with Gasteiger partial charge >= 0.3 is 0 Å². The first-order valence-corrected chi connectivity index (χ1v) is 13.4. The number of morpholine rings is 1. The normalized spacial score (nSPS) is 19.6. The third-order valence-electron chi connectivity index (χ3n) is 5.95. The van der Waals surface area contributed by atoms with Gasteiger partial charge in [-0.15, -0.1) is 11.8 Å². The molecular formula is C23H27N3O5S2. The number of thioether (sulfide) groups is 1. The van der Waals surface area contributed by atoms with E-state index in [9.17, 15) is 18.0 Å². The summed E-state index contributed by atoms with van der Waals surface area (Å²) in [5, 5.41) is 2.85. The number of amides is 2. The molecule has 0 radical (unpaired) electrons. The topological polar surface area (TPSA) is 96.0 Å². The Morgan fingerprint density at radius 1 is 1.12 bits per heavy atom. The third-order valence-corrected chi connectivity index (χ3v) is 8.59. The van der Waals surface area contributed by atoms with E-state index < -0.39 is 15.9 Å². The number of nitrogens with one attached hydrogen (secondary N) is 1. The van der Waals surface area contributed by atoms with Crippen LogP contribution in [0.1, 0.15) is 12.0 Å². The van der Waals surface area contributed by atoms with Crippen LogP contribution in [0, 0.1) is 12.8 Å². The third kappa shape index (κ3) is 5.08. The van der Waals surface area contributed by atoms with Gasteiger partial charge in [0.25, 0.3) is 0 Å². The molecule has 0 aliphatic carbocycles. The molecule has 2 saturated heterocycles. The Morgan fingerprint density at radius 2 is 1.82 bits per heavy atom. The van der Waals surface area contributed by atoms with Gasteiger partial charge in [-0.3, -0.25) is 9.59 Å². The molecule has 8 nitrogen and oxygen atoms in total. The summed E-state index contributed by atoms with van der Waals surface area (Å²) in [5.74, 6) is -0.917. The first-order valence-electron chi connectivity index (χ1n) is 10.7. The van der Waals surface area contributed by atoms with Crippen LogP contribution in [0.5, 0.6) is 0 Å². The number of hydrogen-bond acceptors (Lipinski definition) is 6. The van der Waals surface area contributed by atoms with Crippen LogP contribution in [-0.4, -0.2) is 63.6 Å². The number of carbonyl (C=O) groups is 2. The van der Waals surface area contributed by atoms with Crippen molar-refractivity contribution in [2.45, 2.75) is 23.1 Å². The minimum atomic E-state index is -3.68. The molecule has 2 aromatic carbocycles. The summed E-state index contributed by atoms with van der Waals surface area (Å²) in [6.07, 6.45) is 2.10. The predicted octanol–water partition coefficient (Wildman–Crippen LogP) is 2.73. The van der Waals surface area contributed by atoms with Crippen LogP contribution < -0.4 is 10.2 Å². The molecule has 0 spiro atoms. The van der Waals surface area contributed by atoms with Gasteiger partial charge in [0, 0.05) is 42.3 Å². The first-order chi connectivity index (χ1) is 15.8. The van der Waals surface area contributed by atoms with Crippen molar-refractivity contribution >= 4 is 45.0 Å². The van der Waals surface area contributed by atoms with E-state index in [2.05, 4.69) is 5.32 Å². The molecule has 2 aliphatic heterocycles. The number of anilines is 2. The Hall–Kier alpha value is -2.40. The van der Waals surface area contributed by atoms with Crippen molar-refractivity contribution in [2.24, 2.45) is 5.92 Å². The number of aryl methyl sites for hydroxylation is 1. The molecule has 0 bridgehead atoms. The molecular weight excluding hydrogens is 462 g/mol. The zero-order chi connectivity index (χ0) is 23.6. The van der Waals surface area contributed by atoms with Crippen molar-refractivity contribution in [2.75, 3.05) is 49.3 Å². The molecule has 2 heterocycles. The molecule has 33 heavy (non-hydrogen) atoms. The van der Waals surface area contributed by atoms with E-state index in [0.717, 1.165) is 16.1 Å². The SMILES string of the molecule is CSc1ccc(N2CC(C(=O)Nc3cc(S(=O)(=O)N4CCOCC4)ccc3C)CC2=O)cc1. The standard InChI is InChI=1S/C23H27N3O5S2/c1-16-3-8-20(33(29,30)25-9-11-31-12-10-25)14-21(16)24-23(28)17-13-22(27)26(15-17)18-4-6-19(32-2)7-5-18/h3-8,14,17H,9-13,15H2,1-2H3,(H,24,28). The van der Waals surface area contributed by atoms with E-state index in [4.69, 9.17) is 4.74 Å². The van der Waals surface area contributed by atoms with Crippen LogP contribution in [0.25, 0.3) is 0 Å². The van der Waals surface area contributed by atoms with E-state index in [0.29, 0.717) is 32.0 Å². The fraction of sp³-hybridized carbons (Fsp3) is 0.391. The van der Waals surface area contributed by atoms with Gasteiger partial charge < -0.3 is 15.0 Å². The fourth-order valence-electron chi connectivity index (χ4n) is 3.96. The van der Waals surface area contributed by atoms with Crippen molar-refractivity contribution in [3.63, 3.8) is 0 Å². The van der Waals surface area contributed by atoms with Gasteiger partial charge in [0.2, 0.25) is 21.8 Å². The summed E-state index contributed by atoms with van der Waals surface area (Å²) in [7, 11) is -3.68. The van der Waals surface area contributed by atoms with E-state index in [1.165, 1.54) is 10.4 Å². The quantitative estimate of drug-likeness (QED) is 0.627. The molecule has 2 aromatic rings. The molecule has 1 atom stereocenters. The Balaban J connectivity index is 1.48. The van der Waals surface area contributed by atoms with Gasteiger partial charge in [0.15, 0.2) is 0 Å². The highest BCUT2D eigenvalue weighted by Crippen LogP contribution is 2.29. The first kappa shape index (κ1) is 23.7. The maximum absolute atomic E-state index is 13.0. The zero-order valence-electron chi connectivity index (χ0n) is 18.6. The Kier molecular flexibility index (Phi) is 7.08. The molecule has 0 aromatic heterocycles. The summed E-state index contributed by atoms with van der Waals surface area (Å²) in [6.45, 7) is 3.42.